The van der Waals surface area contributed by atoms with Gasteiger partial charge >= 0.3 is 6.09 Å². The largest absolute Gasteiger partial charge is 0.414 e. The molecule has 0 radical (unpaired) electrons. The average molecular weight is 219 g/mol. The van der Waals surface area contributed by atoms with E-state index in [4.69, 9.17) is 4.74 Å². The molecular weight excluding hydrogens is 206 g/mol. The van der Waals surface area contributed by atoms with Gasteiger partial charge in [-0.25, -0.2) is 9.78 Å². The molecule has 1 amide bonds. The summed E-state index contributed by atoms with van der Waals surface area (Å²) in [5, 5.41) is 6.24. The summed E-state index contributed by atoms with van der Waals surface area (Å²) >= 11 is 0. The first-order valence-corrected chi connectivity index (χ1v) is 5.46. The van der Waals surface area contributed by atoms with Gasteiger partial charge in [-0.1, -0.05) is 0 Å². The van der Waals surface area contributed by atoms with Crippen molar-refractivity contribution in [3.8, 4) is 5.88 Å². The molecule has 0 atom stereocenters. The molecule has 5 heteroatoms. The number of hydrogen-bond acceptors (Lipinski definition) is 4. The summed E-state index contributed by atoms with van der Waals surface area (Å²) in [6.45, 7) is 1.79. The Morgan fingerprint density at radius 1 is 1.38 bits per heavy atom. The molecule has 2 N–H and O–H groups in total. The third-order valence-corrected chi connectivity index (χ3v) is 3.27. The minimum atomic E-state index is -0.395. The molecule has 0 aliphatic carbocycles. The summed E-state index contributed by atoms with van der Waals surface area (Å²) in [6, 6.07) is 3.86. The van der Waals surface area contributed by atoms with Crippen LogP contribution < -0.4 is 15.4 Å². The molecule has 16 heavy (non-hydrogen) atoms. The van der Waals surface area contributed by atoms with Crippen LogP contribution in [0.2, 0.25) is 0 Å². The molecule has 1 saturated heterocycles. The van der Waals surface area contributed by atoms with Crippen LogP contribution in [-0.4, -0.2) is 24.2 Å². The highest BCUT2D eigenvalue weighted by Crippen LogP contribution is 2.38. The van der Waals surface area contributed by atoms with Crippen molar-refractivity contribution in [3.05, 3.63) is 23.9 Å². The average Bonchev–Trinajstić information content (AvgIpc) is 2.30. The lowest BCUT2D eigenvalue weighted by molar-refractivity contribution is 0.151. The summed E-state index contributed by atoms with van der Waals surface area (Å²) in [6.07, 6.45) is 3.00. The van der Waals surface area contributed by atoms with Gasteiger partial charge in [0.2, 0.25) is 5.88 Å². The van der Waals surface area contributed by atoms with Crippen LogP contribution >= 0.6 is 0 Å². The molecule has 2 aliphatic heterocycles. The standard InChI is InChI=1S/C11H13N3O2/c15-10-14-11(3-6-12-7-4-11)8-2-1-5-13-9(8)16-10/h1-2,5,12H,3-4,6-7H2,(H,14,15). The molecule has 3 rings (SSSR count). The van der Waals surface area contributed by atoms with Crippen LogP contribution in [0.25, 0.3) is 0 Å². The van der Waals surface area contributed by atoms with Gasteiger partial charge in [-0.3, -0.25) is 0 Å². The third kappa shape index (κ3) is 1.36. The maximum atomic E-state index is 11.5. The number of piperidine rings is 1. The minimum Gasteiger partial charge on any atom is -0.391 e. The molecule has 0 unspecified atom stereocenters. The highest BCUT2D eigenvalue weighted by Gasteiger charge is 2.42. The summed E-state index contributed by atoms with van der Waals surface area (Å²) in [5.74, 6) is 0.452. The number of nitrogens with zero attached hydrogens (tertiary/aromatic N) is 1. The number of ether oxygens (including phenoxy) is 1. The highest BCUT2D eigenvalue weighted by molar-refractivity contribution is 5.74. The molecule has 0 bridgehead atoms. The van der Waals surface area contributed by atoms with Gasteiger partial charge in [-0.15, -0.1) is 0 Å². The Bertz CT molecular complexity index is 427. The van der Waals surface area contributed by atoms with Crippen molar-refractivity contribution in [1.29, 1.82) is 0 Å². The van der Waals surface area contributed by atoms with E-state index in [0.29, 0.717) is 5.88 Å². The highest BCUT2D eigenvalue weighted by atomic mass is 16.6. The van der Waals surface area contributed by atoms with E-state index < -0.39 is 6.09 Å². The second-order valence-corrected chi connectivity index (χ2v) is 4.20. The first-order chi connectivity index (χ1) is 7.80. The number of aromatic nitrogens is 1. The fourth-order valence-corrected chi connectivity index (χ4v) is 2.46. The van der Waals surface area contributed by atoms with Crippen molar-refractivity contribution in [3.63, 3.8) is 0 Å². The van der Waals surface area contributed by atoms with Gasteiger partial charge in [-0.2, -0.15) is 0 Å². The van der Waals surface area contributed by atoms with Crippen LogP contribution in [0, 0.1) is 0 Å². The Kier molecular flexibility index (Phi) is 2.07. The second-order valence-electron chi connectivity index (χ2n) is 4.20. The van der Waals surface area contributed by atoms with Crippen molar-refractivity contribution in [1.82, 2.24) is 15.6 Å². The summed E-state index contributed by atoms with van der Waals surface area (Å²) in [5.41, 5.74) is 0.709. The Labute approximate surface area is 93.2 Å². The number of rotatable bonds is 0. The molecule has 1 aromatic rings. The first kappa shape index (κ1) is 9.59. The van der Waals surface area contributed by atoms with E-state index >= 15 is 0 Å². The third-order valence-electron chi connectivity index (χ3n) is 3.27. The maximum absolute atomic E-state index is 11.5. The SMILES string of the molecule is O=C1NC2(CCNCC2)c2cccnc2O1. The van der Waals surface area contributed by atoms with E-state index in [1.807, 2.05) is 12.1 Å². The summed E-state index contributed by atoms with van der Waals surface area (Å²) in [7, 11) is 0. The predicted octanol–water partition coefficient (Wildman–Crippen LogP) is 0.762. The van der Waals surface area contributed by atoms with Crippen molar-refractivity contribution in [2.24, 2.45) is 0 Å². The molecule has 0 saturated carbocycles. The van der Waals surface area contributed by atoms with E-state index in [1.165, 1.54) is 0 Å². The molecule has 2 aliphatic rings. The first-order valence-electron chi connectivity index (χ1n) is 5.46. The van der Waals surface area contributed by atoms with Gasteiger partial charge in [0.25, 0.3) is 0 Å². The van der Waals surface area contributed by atoms with Gasteiger partial charge in [0.05, 0.1) is 5.54 Å². The number of fused-ring (bicyclic) bond motifs is 2. The second kappa shape index (κ2) is 3.45. The zero-order valence-electron chi connectivity index (χ0n) is 8.82. The van der Waals surface area contributed by atoms with Crippen LogP contribution in [0.4, 0.5) is 4.79 Å². The van der Waals surface area contributed by atoms with Gasteiger partial charge in [0.1, 0.15) is 0 Å². The number of carbonyl (C=O) groups excluding carboxylic acids is 1. The van der Waals surface area contributed by atoms with Gasteiger partial charge in [-0.05, 0) is 38.1 Å². The predicted molar refractivity (Wildman–Crippen MR) is 57.2 cm³/mol. The quantitative estimate of drug-likeness (QED) is 0.676. The zero-order chi connectivity index (χ0) is 11.0. The van der Waals surface area contributed by atoms with Crippen LogP contribution in [0.5, 0.6) is 5.88 Å². The van der Waals surface area contributed by atoms with Gasteiger partial charge in [0, 0.05) is 11.8 Å². The monoisotopic (exact) mass is 219 g/mol. The normalized spacial score (nSPS) is 22.1. The van der Waals surface area contributed by atoms with Crippen LogP contribution in [0.15, 0.2) is 18.3 Å². The Morgan fingerprint density at radius 2 is 2.19 bits per heavy atom. The lowest BCUT2D eigenvalue weighted by Crippen LogP contribution is -2.55. The van der Waals surface area contributed by atoms with E-state index in [9.17, 15) is 4.79 Å². The molecule has 3 heterocycles. The van der Waals surface area contributed by atoms with E-state index in [2.05, 4.69) is 15.6 Å². The van der Waals surface area contributed by atoms with Crippen molar-refractivity contribution < 1.29 is 9.53 Å². The molecule has 0 aromatic carbocycles. The maximum Gasteiger partial charge on any atom is 0.414 e. The number of pyridine rings is 1. The Balaban J connectivity index is 2.08. The molecule has 1 fully saturated rings. The van der Waals surface area contributed by atoms with E-state index in [0.717, 1.165) is 31.5 Å². The number of amides is 1. The lowest BCUT2D eigenvalue weighted by atomic mass is 9.81. The Morgan fingerprint density at radius 3 is 3.00 bits per heavy atom. The van der Waals surface area contributed by atoms with Crippen LogP contribution in [0.3, 0.4) is 0 Å². The molecular formula is C11H13N3O2. The molecule has 1 spiro atoms. The molecule has 5 nitrogen and oxygen atoms in total. The zero-order valence-corrected chi connectivity index (χ0v) is 8.82. The van der Waals surface area contributed by atoms with E-state index in [1.54, 1.807) is 6.20 Å². The van der Waals surface area contributed by atoms with Gasteiger partial charge < -0.3 is 15.4 Å². The van der Waals surface area contributed by atoms with Crippen molar-refractivity contribution in [2.45, 2.75) is 18.4 Å². The minimum absolute atomic E-state index is 0.288. The van der Waals surface area contributed by atoms with Crippen molar-refractivity contribution in [2.75, 3.05) is 13.1 Å². The molecule has 84 valence electrons. The fourth-order valence-electron chi connectivity index (χ4n) is 2.46. The van der Waals surface area contributed by atoms with Crippen molar-refractivity contribution >= 4 is 6.09 Å². The van der Waals surface area contributed by atoms with E-state index in [-0.39, 0.29) is 5.54 Å². The van der Waals surface area contributed by atoms with Crippen LogP contribution in [-0.2, 0) is 5.54 Å². The Hall–Kier alpha value is -1.62. The number of nitrogens with one attached hydrogen (secondary N) is 2. The summed E-state index contributed by atoms with van der Waals surface area (Å²) in [4.78, 5) is 15.6. The lowest BCUT2D eigenvalue weighted by Gasteiger charge is -2.41. The van der Waals surface area contributed by atoms with Crippen LogP contribution in [0.1, 0.15) is 18.4 Å². The smallest absolute Gasteiger partial charge is 0.391 e. The topological polar surface area (TPSA) is 63.2 Å². The number of carbonyl (C=O) groups is 1. The van der Waals surface area contributed by atoms with Gasteiger partial charge in [0.15, 0.2) is 0 Å². The molecule has 1 aromatic heterocycles. The summed E-state index contributed by atoms with van der Waals surface area (Å²) < 4.78 is 5.08. The fraction of sp³-hybridized carbons (Fsp3) is 0.455. The number of hydrogen-bond donors (Lipinski definition) is 2.